The number of nitrogens with zero attached hydrogens (tertiary/aromatic N) is 4. The molecule has 0 spiro atoms. The van der Waals surface area contributed by atoms with Gasteiger partial charge in [0.2, 0.25) is 11.7 Å². The molecule has 2 aliphatic rings. The zero-order valence-electron chi connectivity index (χ0n) is 19.9. The molecule has 1 saturated carbocycles. The second-order valence-corrected chi connectivity index (χ2v) is 9.24. The summed E-state index contributed by atoms with van der Waals surface area (Å²) in [4.78, 5) is 43.4. The van der Waals surface area contributed by atoms with Crippen LogP contribution in [0.4, 0.5) is 30.5 Å². The number of hydrogen-bond donors (Lipinski definition) is 2. The van der Waals surface area contributed by atoms with Crippen molar-refractivity contribution in [3.63, 3.8) is 0 Å². The first-order chi connectivity index (χ1) is 16.5. The number of likely N-dealkylation sites (N-methyl/N-ethyl adjacent to an activating group) is 1. The first-order valence-electron chi connectivity index (χ1n) is 11.7. The minimum Gasteiger partial charge on any atom is -0.356 e. The maximum Gasteiger partial charge on any atom is 0.391 e. The summed E-state index contributed by atoms with van der Waals surface area (Å²) < 4.78 is 39.5. The van der Waals surface area contributed by atoms with E-state index in [1.807, 2.05) is 0 Å². The third-order valence-electron chi connectivity index (χ3n) is 6.53. The van der Waals surface area contributed by atoms with Crippen LogP contribution < -0.4 is 15.5 Å². The van der Waals surface area contributed by atoms with Crippen LogP contribution in [0.3, 0.4) is 0 Å². The fourth-order valence-electron chi connectivity index (χ4n) is 4.42. The Morgan fingerprint density at radius 1 is 1.17 bits per heavy atom. The number of rotatable bonds is 7. The van der Waals surface area contributed by atoms with Crippen LogP contribution in [0, 0.1) is 16.0 Å². The van der Waals surface area contributed by atoms with Crippen molar-refractivity contribution in [3.8, 4) is 0 Å². The van der Waals surface area contributed by atoms with Gasteiger partial charge in [-0.1, -0.05) is 19.3 Å². The summed E-state index contributed by atoms with van der Waals surface area (Å²) in [6.07, 6.45) is -0.0741. The van der Waals surface area contributed by atoms with Gasteiger partial charge in [0.1, 0.15) is 5.82 Å². The number of anilines is 2. The molecule has 1 aromatic rings. The van der Waals surface area contributed by atoms with E-state index in [2.05, 4.69) is 15.6 Å². The molecule has 0 aromatic carbocycles. The molecule has 1 saturated heterocycles. The molecule has 2 heterocycles. The normalized spacial score (nSPS) is 17.7. The lowest BCUT2D eigenvalue weighted by molar-refractivity contribution is -0.384. The number of amides is 2. The second kappa shape index (κ2) is 11.1. The lowest BCUT2D eigenvalue weighted by Gasteiger charge is -2.34. The van der Waals surface area contributed by atoms with Gasteiger partial charge in [-0.05, 0) is 25.7 Å². The molecule has 13 heteroatoms. The Balaban J connectivity index is 1.94. The van der Waals surface area contributed by atoms with Crippen LogP contribution in [0.1, 0.15) is 55.3 Å². The van der Waals surface area contributed by atoms with E-state index >= 15 is 0 Å². The van der Waals surface area contributed by atoms with Crippen LogP contribution in [0.25, 0.3) is 0 Å². The molecular formula is C22H31F3N6O4. The van der Waals surface area contributed by atoms with Gasteiger partial charge in [-0.15, -0.1) is 0 Å². The summed E-state index contributed by atoms with van der Waals surface area (Å²) in [5, 5.41) is 17.3. The number of nitro groups is 1. The summed E-state index contributed by atoms with van der Waals surface area (Å²) in [5.74, 6) is -2.49. The van der Waals surface area contributed by atoms with Gasteiger partial charge in [-0.25, -0.2) is 4.98 Å². The highest BCUT2D eigenvalue weighted by Gasteiger charge is 2.42. The van der Waals surface area contributed by atoms with Gasteiger partial charge in [-0.2, -0.15) is 13.2 Å². The number of nitrogens with one attached hydrogen (secondary N) is 2. The second-order valence-electron chi connectivity index (χ2n) is 9.24. The Morgan fingerprint density at radius 3 is 2.34 bits per heavy atom. The van der Waals surface area contributed by atoms with Crippen LogP contribution in [0.5, 0.6) is 0 Å². The molecule has 0 atom stereocenters. The average molecular weight is 501 g/mol. The van der Waals surface area contributed by atoms with Gasteiger partial charge in [-0.3, -0.25) is 19.7 Å². The maximum atomic E-state index is 13.2. The molecule has 1 aromatic heterocycles. The zero-order chi connectivity index (χ0) is 25.8. The number of carbonyl (C=O) groups is 2. The topological polar surface area (TPSA) is 121 Å². The summed E-state index contributed by atoms with van der Waals surface area (Å²) in [6.45, 7) is -0.284. The fraction of sp³-hybridized carbons (Fsp3) is 0.682. The molecular weight excluding hydrogens is 469 g/mol. The Morgan fingerprint density at radius 2 is 1.80 bits per heavy atom. The van der Waals surface area contributed by atoms with E-state index < -0.39 is 28.6 Å². The van der Waals surface area contributed by atoms with E-state index in [0.717, 1.165) is 38.2 Å². The van der Waals surface area contributed by atoms with Crippen molar-refractivity contribution in [2.75, 3.05) is 43.9 Å². The highest BCUT2D eigenvalue weighted by atomic mass is 19.4. The molecule has 1 aliphatic carbocycles. The van der Waals surface area contributed by atoms with Gasteiger partial charge in [0.15, 0.2) is 0 Å². The van der Waals surface area contributed by atoms with E-state index in [4.69, 9.17) is 0 Å². The molecule has 0 bridgehead atoms. The van der Waals surface area contributed by atoms with E-state index in [-0.39, 0.29) is 61.6 Å². The van der Waals surface area contributed by atoms with Gasteiger partial charge in [0.05, 0.1) is 22.9 Å². The predicted octanol–water partition coefficient (Wildman–Crippen LogP) is 3.33. The van der Waals surface area contributed by atoms with Crippen molar-refractivity contribution < 1.29 is 27.7 Å². The average Bonchev–Trinajstić information content (AvgIpc) is 2.81. The number of piperidine rings is 1. The van der Waals surface area contributed by atoms with Crippen molar-refractivity contribution in [1.82, 2.24) is 15.2 Å². The quantitative estimate of drug-likeness (QED) is 0.435. The highest BCUT2D eigenvalue weighted by molar-refractivity contribution is 6.00. The largest absolute Gasteiger partial charge is 0.391 e. The lowest BCUT2D eigenvalue weighted by Crippen LogP contribution is -2.41. The highest BCUT2D eigenvalue weighted by Crippen LogP contribution is 2.37. The Bertz CT molecular complexity index is 942. The lowest BCUT2D eigenvalue weighted by atomic mass is 9.95. The minimum absolute atomic E-state index is 0.00519. The molecule has 2 N–H and O–H groups in total. The van der Waals surface area contributed by atoms with E-state index in [0.29, 0.717) is 0 Å². The molecule has 1 aliphatic heterocycles. The van der Waals surface area contributed by atoms with Crippen LogP contribution in [0.2, 0.25) is 0 Å². The molecule has 0 unspecified atom stereocenters. The number of pyridine rings is 1. The van der Waals surface area contributed by atoms with Crippen LogP contribution >= 0.6 is 0 Å². The number of halogens is 3. The molecule has 10 nitrogen and oxygen atoms in total. The maximum absolute atomic E-state index is 13.2. The van der Waals surface area contributed by atoms with E-state index in [1.54, 1.807) is 4.90 Å². The molecule has 3 rings (SSSR count). The number of aromatic nitrogens is 1. The van der Waals surface area contributed by atoms with Gasteiger partial charge >= 0.3 is 11.9 Å². The van der Waals surface area contributed by atoms with Crippen molar-refractivity contribution in [1.29, 1.82) is 0 Å². The SMILES string of the molecule is CN(C)C(=O)CNc1nc(N2CCC(C(F)(F)F)CC2)c(C(=O)NC2CCCCC2)cc1[N+](=O)[O-]. The molecule has 0 radical (unpaired) electrons. The Hall–Kier alpha value is -3.12. The first-order valence-corrected chi connectivity index (χ1v) is 11.7. The summed E-state index contributed by atoms with van der Waals surface area (Å²) >= 11 is 0. The molecule has 35 heavy (non-hydrogen) atoms. The monoisotopic (exact) mass is 500 g/mol. The molecule has 2 fully saturated rings. The third-order valence-corrected chi connectivity index (χ3v) is 6.53. The van der Waals surface area contributed by atoms with Crippen LogP contribution in [-0.4, -0.2) is 72.6 Å². The third kappa shape index (κ3) is 6.73. The zero-order valence-corrected chi connectivity index (χ0v) is 19.9. The predicted molar refractivity (Wildman–Crippen MR) is 123 cm³/mol. The number of hydrogen-bond acceptors (Lipinski definition) is 7. The fourth-order valence-corrected chi connectivity index (χ4v) is 4.42. The first kappa shape index (κ1) is 26.5. The van der Waals surface area contributed by atoms with Crippen molar-refractivity contribution in [2.45, 2.75) is 57.2 Å². The van der Waals surface area contributed by atoms with Crippen molar-refractivity contribution in [2.24, 2.45) is 5.92 Å². The van der Waals surface area contributed by atoms with Crippen molar-refractivity contribution >= 4 is 29.1 Å². The Labute approximate surface area is 201 Å². The standard InChI is InChI=1S/C22H31F3N6O4/c1-29(2)18(32)13-26-19-17(31(34)35)12-16(21(33)27-15-6-4-3-5-7-15)20(28-19)30-10-8-14(9-11-30)22(23,24)25/h12,14-15H,3-11,13H2,1-2H3,(H,26,28)(H,27,33). The van der Waals surface area contributed by atoms with Crippen molar-refractivity contribution in [3.05, 3.63) is 21.7 Å². The summed E-state index contributed by atoms with van der Waals surface area (Å²) in [6, 6.07) is 1.02. The number of carbonyl (C=O) groups excluding carboxylic acids is 2. The smallest absolute Gasteiger partial charge is 0.356 e. The van der Waals surface area contributed by atoms with Gasteiger partial charge < -0.3 is 20.4 Å². The van der Waals surface area contributed by atoms with Crippen LogP contribution in [-0.2, 0) is 4.79 Å². The molecule has 2 amide bonds. The Kier molecular flexibility index (Phi) is 8.39. The molecule has 194 valence electrons. The summed E-state index contributed by atoms with van der Waals surface area (Å²) in [5.41, 5.74) is -0.545. The van der Waals surface area contributed by atoms with E-state index in [9.17, 15) is 32.9 Å². The van der Waals surface area contributed by atoms with E-state index in [1.165, 1.54) is 19.0 Å². The summed E-state index contributed by atoms with van der Waals surface area (Å²) in [7, 11) is 3.06. The van der Waals surface area contributed by atoms with Gasteiger partial charge in [0.25, 0.3) is 5.91 Å². The minimum atomic E-state index is -4.31. The van der Waals surface area contributed by atoms with Gasteiger partial charge in [0, 0.05) is 39.3 Å². The van der Waals surface area contributed by atoms with Crippen LogP contribution in [0.15, 0.2) is 6.07 Å². The number of alkyl halides is 3.